The summed E-state index contributed by atoms with van der Waals surface area (Å²) in [5.41, 5.74) is 4.75. The zero-order valence-corrected chi connectivity index (χ0v) is 13.0. The van der Waals surface area contributed by atoms with Crippen LogP contribution < -0.4 is 5.56 Å². The summed E-state index contributed by atoms with van der Waals surface area (Å²) in [6.45, 7) is 0.490. The van der Waals surface area contributed by atoms with Crippen LogP contribution in [0.3, 0.4) is 0 Å². The van der Waals surface area contributed by atoms with E-state index >= 15 is 0 Å². The van der Waals surface area contributed by atoms with Crippen LogP contribution in [0.15, 0.2) is 84.0 Å². The van der Waals surface area contributed by atoms with Crippen LogP contribution in [0.2, 0.25) is 0 Å². The lowest BCUT2D eigenvalue weighted by Gasteiger charge is -2.10. The lowest BCUT2D eigenvalue weighted by atomic mass is 10.0. The van der Waals surface area contributed by atoms with Crippen molar-refractivity contribution in [1.82, 2.24) is 14.5 Å². The number of hydrogen-bond donors (Lipinski definition) is 0. The summed E-state index contributed by atoms with van der Waals surface area (Å²) in [6.07, 6.45) is 4.73. The number of benzene rings is 2. The number of hydrogen-bond acceptors (Lipinski definition) is 3. The molecular weight excluding hydrogens is 298 g/mol. The van der Waals surface area contributed by atoms with E-state index in [0.717, 1.165) is 27.7 Å². The maximum absolute atomic E-state index is 12.3. The minimum atomic E-state index is -0.124. The summed E-state index contributed by atoms with van der Waals surface area (Å²) in [6, 6.07) is 20.3. The van der Waals surface area contributed by atoms with Crippen molar-refractivity contribution < 1.29 is 0 Å². The highest BCUT2D eigenvalue weighted by Gasteiger charge is 2.06. The van der Waals surface area contributed by atoms with Crippen molar-refractivity contribution in [3.63, 3.8) is 0 Å². The first-order valence-corrected chi connectivity index (χ1v) is 7.75. The zero-order valence-electron chi connectivity index (χ0n) is 13.0. The molecule has 0 atom stereocenters. The van der Waals surface area contributed by atoms with Crippen molar-refractivity contribution in [3.05, 3.63) is 95.2 Å². The summed E-state index contributed by atoms with van der Waals surface area (Å²) in [7, 11) is 0. The Bertz CT molecular complexity index is 1050. The predicted octanol–water partition coefficient (Wildman–Crippen LogP) is 3.51. The molecule has 0 fully saturated rings. The van der Waals surface area contributed by atoms with Crippen LogP contribution in [0.5, 0.6) is 0 Å². The first-order chi connectivity index (χ1) is 11.8. The molecule has 0 aliphatic heterocycles. The highest BCUT2D eigenvalue weighted by molar-refractivity contribution is 5.73. The molecule has 4 heteroatoms. The van der Waals surface area contributed by atoms with Gasteiger partial charge in [0, 0.05) is 6.20 Å². The van der Waals surface area contributed by atoms with E-state index in [-0.39, 0.29) is 5.56 Å². The number of rotatable bonds is 3. The smallest absolute Gasteiger partial charge is 0.269 e. The van der Waals surface area contributed by atoms with E-state index in [1.807, 2.05) is 36.4 Å². The molecule has 2 aromatic carbocycles. The molecule has 2 heterocycles. The van der Waals surface area contributed by atoms with Gasteiger partial charge in [0.05, 0.1) is 30.0 Å². The second-order valence-electron chi connectivity index (χ2n) is 5.61. The molecule has 0 saturated heterocycles. The third-order valence-corrected chi connectivity index (χ3v) is 4.02. The van der Waals surface area contributed by atoms with Gasteiger partial charge in [-0.15, -0.1) is 0 Å². The van der Waals surface area contributed by atoms with Crippen LogP contribution in [-0.2, 0) is 6.54 Å². The quantitative estimate of drug-likeness (QED) is 0.581. The van der Waals surface area contributed by atoms with Gasteiger partial charge in [-0.2, -0.15) is 0 Å². The molecule has 24 heavy (non-hydrogen) atoms. The molecule has 0 radical (unpaired) electrons. The molecule has 0 N–H and O–H groups in total. The van der Waals surface area contributed by atoms with Crippen LogP contribution in [0.4, 0.5) is 0 Å². The van der Waals surface area contributed by atoms with Gasteiger partial charge in [-0.1, -0.05) is 48.5 Å². The Morgan fingerprint density at radius 2 is 1.71 bits per heavy atom. The normalized spacial score (nSPS) is 10.8. The van der Waals surface area contributed by atoms with E-state index in [9.17, 15) is 4.79 Å². The molecule has 4 nitrogen and oxygen atoms in total. The summed E-state index contributed by atoms with van der Waals surface area (Å²) in [5.74, 6) is 0. The third-order valence-electron chi connectivity index (χ3n) is 4.02. The van der Waals surface area contributed by atoms with Crippen LogP contribution >= 0.6 is 0 Å². The Hall–Kier alpha value is -3.27. The second kappa shape index (κ2) is 6.08. The Morgan fingerprint density at radius 3 is 2.58 bits per heavy atom. The van der Waals surface area contributed by atoms with E-state index in [4.69, 9.17) is 0 Å². The molecule has 0 spiro atoms. The molecule has 0 amide bonds. The van der Waals surface area contributed by atoms with E-state index < -0.39 is 0 Å². The molecule has 4 aromatic rings. The molecule has 0 aliphatic rings. The zero-order chi connectivity index (χ0) is 16.4. The second-order valence-corrected chi connectivity index (χ2v) is 5.61. The Kier molecular flexibility index (Phi) is 3.63. The van der Waals surface area contributed by atoms with Crippen LogP contribution in [0.25, 0.3) is 22.2 Å². The van der Waals surface area contributed by atoms with Gasteiger partial charge in [0.2, 0.25) is 0 Å². The summed E-state index contributed by atoms with van der Waals surface area (Å²) < 4.78 is 1.71. The van der Waals surface area contributed by atoms with E-state index in [1.165, 1.54) is 6.20 Å². The largest absolute Gasteiger partial charge is 0.300 e. The molecular formula is C20H15N3O. The SMILES string of the molecule is O=c1cnc2ccncc2n1Cc1cccc(-c2ccccc2)c1. The van der Waals surface area contributed by atoms with E-state index in [1.54, 1.807) is 17.0 Å². The third kappa shape index (κ3) is 2.70. The van der Waals surface area contributed by atoms with Crippen molar-refractivity contribution in [2.24, 2.45) is 0 Å². The first kappa shape index (κ1) is 14.3. The van der Waals surface area contributed by atoms with Crippen molar-refractivity contribution in [1.29, 1.82) is 0 Å². The molecule has 0 saturated carbocycles. The lowest BCUT2D eigenvalue weighted by molar-refractivity contribution is 0.785. The van der Waals surface area contributed by atoms with Gasteiger partial charge < -0.3 is 0 Å². The fourth-order valence-electron chi connectivity index (χ4n) is 2.83. The summed E-state index contributed by atoms with van der Waals surface area (Å²) >= 11 is 0. The van der Waals surface area contributed by atoms with E-state index in [0.29, 0.717) is 6.54 Å². The number of aromatic nitrogens is 3. The highest BCUT2D eigenvalue weighted by atomic mass is 16.1. The Balaban J connectivity index is 1.77. The summed E-state index contributed by atoms with van der Waals surface area (Å²) in [4.78, 5) is 20.6. The summed E-state index contributed by atoms with van der Waals surface area (Å²) in [5, 5.41) is 0. The lowest BCUT2D eigenvalue weighted by Crippen LogP contribution is -2.21. The first-order valence-electron chi connectivity index (χ1n) is 7.75. The van der Waals surface area contributed by atoms with Crippen LogP contribution in [0, 0.1) is 0 Å². The minimum absolute atomic E-state index is 0.124. The maximum atomic E-state index is 12.3. The fourth-order valence-corrected chi connectivity index (χ4v) is 2.83. The predicted molar refractivity (Wildman–Crippen MR) is 94.8 cm³/mol. The Morgan fingerprint density at radius 1 is 0.875 bits per heavy atom. The van der Waals surface area contributed by atoms with Crippen molar-refractivity contribution in [2.45, 2.75) is 6.54 Å². The highest BCUT2D eigenvalue weighted by Crippen LogP contribution is 2.20. The van der Waals surface area contributed by atoms with Crippen LogP contribution in [0.1, 0.15) is 5.56 Å². The average Bonchev–Trinajstić information content (AvgIpc) is 2.65. The standard InChI is InChI=1S/C20H15N3O/c24-20-13-22-18-9-10-21-12-19(18)23(20)14-15-5-4-8-17(11-15)16-6-2-1-3-7-16/h1-13H,14H2. The maximum Gasteiger partial charge on any atom is 0.269 e. The number of nitrogens with zero attached hydrogens (tertiary/aromatic N) is 3. The monoisotopic (exact) mass is 313 g/mol. The van der Waals surface area contributed by atoms with Gasteiger partial charge >= 0.3 is 0 Å². The molecule has 0 bridgehead atoms. The minimum Gasteiger partial charge on any atom is -0.300 e. The topological polar surface area (TPSA) is 47.8 Å². The van der Waals surface area contributed by atoms with Gasteiger partial charge in [-0.25, -0.2) is 4.98 Å². The van der Waals surface area contributed by atoms with Gasteiger partial charge in [-0.3, -0.25) is 14.3 Å². The molecule has 0 aliphatic carbocycles. The van der Waals surface area contributed by atoms with Gasteiger partial charge in [-0.05, 0) is 28.8 Å². The van der Waals surface area contributed by atoms with Gasteiger partial charge in [0.15, 0.2) is 0 Å². The fraction of sp³-hybridized carbons (Fsp3) is 0.0500. The molecule has 0 unspecified atom stereocenters. The van der Waals surface area contributed by atoms with E-state index in [2.05, 4.69) is 34.2 Å². The average molecular weight is 313 g/mol. The van der Waals surface area contributed by atoms with Gasteiger partial charge in [0.1, 0.15) is 0 Å². The van der Waals surface area contributed by atoms with Crippen molar-refractivity contribution in [2.75, 3.05) is 0 Å². The Labute approximate surface area is 139 Å². The molecule has 4 rings (SSSR count). The van der Waals surface area contributed by atoms with Crippen LogP contribution in [-0.4, -0.2) is 14.5 Å². The van der Waals surface area contributed by atoms with Crippen molar-refractivity contribution >= 4 is 11.0 Å². The molecule has 2 aromatic heterocycles. The molecule has 116 valence electrons. The number of fused-ring (bicyclic) bond motifs is 1. The van der Waals surface area contributed by atoms with Gasteiger partial charge in [0.25, 0.3) is 5.56 Å². The number of pyridine rings is 1. The van der Waals surface area contributed by atoms with Crippen molar-refractivity contribution in [3.8, 4) is 11.1 Å².